The van der Waals surface area contributed by atoms with Crippen LogP contribution in [0.25, 0.3) is 0 Å². The number of carbonyl (C=O) groups excluding carboxylic acids is 1. The third-order valence-corrected chi connectivity index (χ3v) is 3.89. The van der Waals surface area contributed by atoms with E-state index in [9.17, 15) is 4.79 Å². The van der Waals surface area contributed by atoms with Gasteiger partial charge in [-0.2, -0.15) is 0 Å². The maximum absolute atomic E-state index is 12.3. The summed E-state index contributed by atoms with van der Waals surface area (Å²) >= 11 is 0. The lowest BCUT2D eigenvalue weighted by atomic mass is 10.1. The van der Waals surface area contributed by atoms with Crippen molar-refractivity contribution in [1.29, 1.82) is 0 Å². The van der Waals surface area contributed by atoms with Gasteiger partial charge in [-0.25, -0.2) is 0 Å². The highest BCUT2D eigenvalue weighted by Crippen LogP contribution is 2.12. The lowest BCUT2D eigenvalue weighted by Crippen LogP contribution is -2.38. The van der Waals surface area contributed by atoms with Crippen molar-refractivity contribution in [2.45, 2.75) is 65.3 Å². The Hall–Kier alpha value is -1.31. The van der Waals surface area contributed by atoms with E-state index in [0.717, 1.165) is 19.4 Å². The predicted octanol–water partition coefficient (Wildman–Crippen LogP) is 4.44. The van der Waals surface area contributed by atoms with Crippen molar-refractivity contribution < 1.29 is 4.79 Å². The van der Waals surface area contributed by atoms with Gasteiger partial charge in [0.05, 0.1) is 0 Å². The van der Waals surface area contributed by atoms with Gasteiger partial charge in [0.2, 0.25) is 5.91 Å². The van der Waals surface area contributed by atoms with Crippen LogP contribution < -0.4 is 0 Å². The lowest BCUT2D eigenvalue weighted by molar-refractivity contribution is -0.133. The number of amides is 1. The molecule has 0 aliphatic heterocycles. The van der Waals surface area contributed by atoms with Gasteiger partial charge in [-0.3, -0.25) is 4.79 Å². The first-order valence-electron chi connectivity index (χ1n) is 8.02. The zero-order valence-electron chi connectivity index (χ0n) is 13.3. The zero-order chi connectivity index (χ0) is 14.8. The fourth-order valence-electron chi connectivity index (χ4n) is 2.62. The maximum atomic E-state index is 12.3. The van der Waals surface area contributed by atoms with Crippen LogP contribution in [0.2, 0.25) is 0 Å². The number of unbranched alkanes of at least 4 members (excludes halogenated alkanes) is 2. The van der Waals surface area contributed by atoms with Crippen molar-refractivity contribution in [3.05, 3.63) is 35.9 Å². The van der Waals surface area contributed by atoms with Gasteiger partial charge in [0, 0.05) is 19.0 Å². The highest BCUT2D eigenvalue weighted by atomic mass is 16.2. The summed E-state index contributed by atoms with van der Waals surface area (Å²) in [5, 5.41) is 0. The molecule has 0 saturated heterocycles. The van der Waals surface area contributed by atoms with E-state index in [-0.39, 0.29) is 0 Å². The summed E-state index contributed by atoms with van der Waals surface area (Å²) in [5.74, 6) is 0.292. The average molecular weight is 275 g/mol. The summed E-state index contributed by atoms with van der Waals surface area (Å²) in [6.45, 7) is 7.30. The monoisotopic (exact) mass is 275 g/mol. The first-order chi connectivity index (χ1) is 9.69. The molecule has 0 radical (unpaired) electrons. The third kappa shape index (κ3) is 5.77. The van der Waals surface area contributed by atoms with E-state index >= 15 is 0 Å². The molecular formula is C18H29NO. The lowest BCUT2D eigenvalue weighted by Gasteiger charge is -2.28. The SMILES string of the molecule is CCCCCC(C)N(CC)C(=O)CCc1ccccc1. The van der Waals surface area contributed by atoms with Crippen LogP contribution in [0, 0.1) is 0 Å². The van der Waals surface area contributed by atoms with E-state index in [1.54, 1.807) is 0 Å². The summed E-state index contributed by atoms with van der Waals surface area (Å²) in [4.78, 5) is 14.4. The highest BCUT2D eigenvalue weighted by Gasteiger charge is 2.17. The molecule has 0 aliphatic carbocycles. The number of nitrogens with zero attached hydrogens (tertiary/aromatic N) is 1. The van der Waals surface area contributed by atoms with Gasteiger partial charge >= 0.3 is 0 Å². The molecule has 1 amide bonds. The van der Waals surface area contributed by atoms with Crippen LogP contribution in [0.5, 0.6) is 0 Å². The molecule has 1 atom stereocenters. The Bertz CT molecular complexity index is 374. The fourth-order valence-corrected chi connectivity index (χ4v) is 2.62. The third-order valence-electron chi connectivity index (χ3n) is 3.89. The predicted molar refractivity (Wildman–Crippen MR) is 85.8 cm³/mol. The van der Waals surface area contributed by atoms with Crippen LogP contribution in [0.4, 0.5) is 0 Å². The molecule has 20 heavy (non-hydrogen) atoms. The summed E-state index contributed by atoms with van der Waals surface area (Å²) < 4.78 is 0. The number of hydrogen-bond acceptors (Lipinski definition) is 1. The topological polar surface area (TPSA) is 20.3 Å². The fraction of sp³-hybridized carbons (Fsp3) is 0.611. The Labute approximate surface area is 124 Å². The molecule has 0 spiro atoms. The van der Waals surface area contributed by atoms with E-state index in [2.05, 4.69) is 32.9 Å². The second kappa shape index (κ2) is 9.57. The summed E-state index contributed by atoms with van der Waals surface area (Å²) in [5.41, 5.74) is 1.25. The van der Waals surface area contributed by atoms with Gasteiger partial charge in [-0.05, 0) is 32.3 Å². The van der Waals surface area contributed by atoms with Crippen molar-refractivity contribution in [2.75, 3.05) is 6.54 Å². The standard InChI is InChI=1S/C18H29NO/c1-4-6-8-11-16(3)19(5-2)18(20)15-14-17-12-9-7-10-13-17/h7,9-10,12-13,16H,4-6,8,11,14-15H2,1-3H3. The Morgan fingerprint density at radius 2 is 1.85 bits per heavy atom. The van der Waals surface area contributed by atoms with E-state index in [1.165, 1.54) is 24.8 Å². The molecule has 1 rings (SSSR count). The normalized spacial score (nSPS) is 12.2. The molecule has 0 saturated carbocycles. The van der Waals surface area contributed by atoms with E-state index in [4.69, 9.17) is 0 Å². The molecule has 1 aromatic rings. The number of rotatable bonds is 9. The number of aryl methyl sites for hydroxylation is 1. The molecule has 0 aromatic heterocycles. The van der Waals surface area contributed by atoms with Gasteiger partial charge in [-0.15, -0.1) is 0 Å². The molecule has 0 heterocycles. The van der Waals surface area contributed by atoms with Gasteiger partial charge < -0.3 is 4.90 Å². The van der Waals surface area contributed by atoms with Crippen molar-refractivity contribution in [3.8, 4) is 0 Å². The van der Waals surface area contributed by atoms with Crippen LogP contribution in [-0.4, -0.2) is 23.4 Å². The largest absolute Gasteiger partial charge is 0.340 e. The number of benzene rings is 1. The molecule has 0 fully saturated rings. The molecule has 0 bridgehead atoms. The Kier molecular flexibility index (Phi) is 8.01. The second-order valence-corrected chi connectivity index (χ2v) is 5.51. The van der Waals surface area contributed by atoms with Crippen LogP contribution in [0.3, 0.4) is 0 Å². The first-order valence-corrected chi connectivity index (χ1v) is 8.02. The zero-order valence-corrected chi connectivity index (χ0v) is 13.3. The maximum Gasteiger partial charge on any atom is 0.223 e. The summed E-state index contributed by atoms with van der Waals surface area (Å²) in [6.07, 6.45) is 6.31. The number of carbonyl (C=O) groups is 1. The van der Waals surface area contributed by atoms with Gasteiger partial charge in [-0.1, -0.05) is 56.5 Å². The highest BCUT2D eigenvalue weighted by molar-refractivity contribution is 5.76. The average Bonchev–Trinajstić information content (AvgIpc) is 2.47. The Balaban J connectivity index is 2.41. The molecule has 0 N–H and O–H groups in total. The molecule has 112 valence electrons. The molecule has 2 heteroatoms. The quantitative estimate of drug-likeness (QED) is 0.610. The molecule has 1 unspecified atom stereocenters. The van der Waals surface area contributed by atoms with Crippen molar-refractivity contribution in [1.82, 2.24) is 4.90 Å². The van der Waals surface area contributed by atoms with E-state index in [1.807, 2.05) is 23.1 Å². The van der Waals surface area contributed by atoms with Gasteiger partial charge in [0.15, 0.2) is 0 Å². The van der Waals surface area contributed by atoms with E-state index in [0.29, 0.717) is 18.4 Å². The van der Waals surface area contributed by atoms with Crippen LogP contribution in [0.1, 0.15) is 58.4 Å². The number of hydrogen-bond donors (Lipinski definition) is 0. The smallest absolute Gasteiger partial charge is 0.223 e. The van der Waals surface area contributed by atoms with E-state index < -0.39 is 0 Å². The minimum absolute atomic E-state index is 0.292. The Morgan fingerprint density at radius 3 is 2.45 bits per heavy atom. The molecule has 2 nitrogen and oxygen atoms in total. The van der Waals surface area contributed by atoms with Crippen molar-refractivity contribution in [3.63, 3.8) is 0 Å². The summed E-state index contributed by atoms with van der Waals surface area (Å²) in [6, 6.07) is 10.6. The van der Waals surface area contributed by atoms with Gasteiger partial charge in [0.1, 0.15) is 0 Å². The molecular weight excluding hydrogens is 246 g/mol. The summed E-state index contributed by atoms with van der Waals surface area (Å²) in [7, 11) is 0. The second-order valence-electron chi connectivity index (χ2n) is 5.51. The van der Waals surface area contributed by atoms with Crippen LogP contribution >= 0.6 is 0 Å². The van der Waals surface area contributed by atoms with Crippen LogP contribution in [0.15, 0.2) is 30.3 Å². The first kappa shape index (κ1) is 16.7. The minimum atomic E-state index is 0.292. The Morgan fingerprint density at radius 1 is 1.15 bits per heavy atom. The molecule has 1 aromatic carbocycles. The van der Waals surface area contributed by atoms with Crippen molar-refractivity contribution in [2.24, 2.45) is 0 Å². The molecule has 0 aliphatic rings. The van der Waals surface area contributed by atoms with Crippen LogP contribution in [-0.2, 0) is 11.2 Å². The van der Waals surface area contributed by atoms with Gasteiger partial charge in [0.25, 0.3) is 0 Å². The van der Waals surface area contributed by atoms with Crippen molar-refractivity contribution >= 4 is 5.91 Å². The minimum Gasteiger partial charge on any atom is -0.340 e.